The van der Waals surface area contributed by atoms with Crippen LogP contribution in [0, 0.1) is 7.14 Å². The van der Waals surface area contributed by atoms with Crippen LogP contribution in [0.25, 0.3) is 0 Å². The third kappa shape index (κ3) is 2.30. The summed E-state index contributed by atoms with van der Waals surface area (Å²) < 4.78 is 6.58. The molecule has 1 fully saturated rings. The molecular weight excluding hydrogens is 424 g/mol. The lowest BCUT2D eigenvalue weighted by molar-refractivity contribution is 0.177. The topological polar surface area (TPSA) is 58.6 Å². The van der Waals surface area contributed by atoms with Crippen LogP contribution in [0.15, 0.2) is 12.1 Å². The van der Waals surface area contributed by atoms with Crippen molar-refractivity contribution in [2.75, 3.05) is 6.61 Å². The molecule has 1 aliphatic rings. The van der Waals surface area contributed by atoms with Crippen LogP contribution >= 0.6 is 45.2 Å². The molecule has 0 spiro atoms. The number of rotatable bonds is 1. The third-order valence-electron chi connectivity index (χ3n) is 2.11. The molecule has 2 rings (SSSR count). The van der Waals surface area contributed by atoms with E-state index >= 15 is 0 Å². The number of aromatic hydroxyl groups is 1. The molecule has 6 heteroatoms. The Morgan fingerprint density at radius 3 is 2.80 bits per heavy atom. The van der Waals surface area contributed by atoms with Crippen LogP contribution in [0.5, 0.6) is 5.75 Å². The van der Waals surface area contributed by atoms with E-state index < -0.39 is 6.09 Å². The fourth-order valence-electron chi connectivity index (χ4n) is 1.40. The molecule has 1 amide bonds. The third-order valence-corrected chi connectivity index (χ3v) is 3.55. The number of hydrogen-bond acceptors (Lipinski definition) is 3. The maximum atomic E-state index is 10.9. The normalized spacial score (nSPS) is 19.9. The van der Waals surface area contributed by atoms with Crippen LogP contribution in [-0.4, -0.2) is 17.8 Å². The average Bonchev–Trinajstić information content (AvgIpc) is 2.58. The van der Waals surface area contributed by atoms with Crippen molar-refractivity contribution in [3.63, 3.8) is 0 Å². The second-order valence-electron chi connectivity index (χ2n) is 3.12. The van der Waals surface area contributed by atoms with Gasteiger partial charge < -0.3 is 15.2 Å². The Hall–Kier alpha value is -0.250. The van der Waals surface area contributed by atoms with E-state index in [4.69, 9.17) is 4.74 Å². The van der Waals surface area contributed by atoms with Gasteiger partial charge in [-0.05, 0) is 57.3 Å². The van der Waals surface area contributed by atoms with Crippen molar-refractivity contribution in [2.45, 2.75) is 6.04 Å². The van der Waals surface area contributed by atoms with E-state index in [2.05, 4.69) is 50.5 Å². The van der Waals surface area contributed by atoms with Gasteiger partial charge in [-0.3, -0.25) is 0 Å². The van der Waals surface area contributed by atoms with Gasteiger partial charge in [0.25, 0.3) is 0 Å². The number of halogens is 2. The van der Waals surface area contributed by atoms with Gasteiger partial charge >= 0.3 is 6.09 Å². The van der Waals surface area contributed by atoms with Crippen molar-refractivity contribution < 1.29 is 14.6 Å². The van der Waals surface area contributed by atoms with Crippen LogP contribution in [0.2, 0.25) is 0 Å². The summed E-state index contributed by atoms with van der Waals surface area (Å²) in [7, 11) is 0. The SMILES string of the molecule is O=C1N[C@H](c2cc(I)cc(I)c2O)CO1. The van der Waals surface area contributed by atoms with Gasteiger partial charge in [-0.15, -0.1) is 0 Å². The molecule has 80 valence electrons. The smallest absolute Gasteiger partial charge is 0.407 e. The zero-order valence-corrected chi connectivity index (χ0v) is 11.8. The average molecular weight is 431 g/mol. The summed E-state index contributed by atoms with van der Waals surface area (Å²) >= 11 is 4.23. The van der Waals surface area contributed by atoms with Gasteiger partial charge in [0.2, 0.25) is 0 Å². The Balaban J connectivity index is 2.39. The van der Waals surface area contributed by atoms with Gasteiger partial charge in [-0.25, -0.2) is 4.79 Å². The summed E-state index contributed by atoms with van der Waals surface area (Å²) in [6, 6.07) is 3.47. The van der Waals surface area contributed by atoms with Gasteiger partial charge in [0, 0.05) is 9.13 Å². The molecule has 1 aromatic carbocycles. The van der Waals surface area contributed by atoms with Crippen LogP contribution in [-0.2, 0) is 4.74 Å². The minimum Gasteiger partial charge on any atom is -0.506 e. The number of carbonyl (C=O) groups is 1. The molecular formula is C9H7I2NO3. The fraction of sp³-hybridized carbons (Fsp3) is 0.222. The van der Waals surface area contributed by atoms with Gasteiger partial charge in [0.15, 0.2) is 0 Å². The van der Waals surface area contributed by atoms with E-state index in [9.17, 15) is 9.90 Å². The Labute approximate surface area is 114 Å². The Bertz CT molecular complexity index is 422. The molecule has 0 bridgehead atoms. The van der Waals surface area contributed by atoms with Crippen molar-refractivity contribution in [1.29, 1.82) is 0 Å². The zero-order valence-electron chi connectivity index (χ0n) is 7.46. The van der Waals surface area contributed by atoms with E-state index in [0.717, 1.165) is 7.14 Å². The summed E-state index contributed by atoms with van der Waals surface area (Å²) in [5.74, 6) is 0.215. The number of nitrogens with one attached hydrogen (secondary N) is 1. The summed E-state index contributed by atoms with van der Waals surface area (Å²) in [6.45, 7) is 0.266. The first kappa shape index (κ1) is 11.2. The molecule has 1 saturated heterocycles. The largest absolute Gasteiger partial charge is 0.506 e. The molecule has 4 nitrogen and oxygen atoms in total. The molecule has 0 aliphatic carbocycles. The second kappa shape index (κ2) is 4.32. The highest BCUT2D eigenvalue weighted by atomic mass is 127. The Morgan fingerprint density at radius 1 is 1.47 bits per heavy atom. The van der Waals surface area contributed by atoms with Crippen molar-refractivity contribution in [3.8, 4) is 5.75 Å². The number of alkyl carbamates (subject to hydrolysis) is 1. The molecule has 0 aromatic heterocycles. The first-order chi connectivity index (χ1) is 7.08. The van der Waals surface area contributed by atoms with E-state index in [1.807, 2.05) is 12.1 Å². The van der Waals surface area contributed by atoms with E-state index in [1.165, 1.54) is 0 Å². The molecule has 0 unspecified atom stereocenters. The first-order valence-electron chi connectivity index (χ1n) is 4.19. The summed E-state index contributed by atoms with van der Waals surface area (Å²) in [4.78, 5) is 10.9. The number of ether oxygens (including phenoxy) is 1. The minimum absolute atomic E-state index is 0.215. The number of benzene rings is 1. The molecule has 1 aliphatic heterocycles. The molecule has 2 N–H and O–H groups in total. The predicted molar refractivity (Wildman–Crippen MR) is 70.8 cm³/mol. The van der Waals surface area contributed by atoms with Gasteiger partial charge in [-0.1, -0.05) is 0 Å². The molecule has 0 radical (unpaired) electrons. The number of cyclic esters (lactones) is 1. The number of phenolic OH excluding ortho intramolecular Hbond substituents is 1. The van der Waals surface area contributed by atoms with Gasteiger partial charge in [0.1, 0.15) is 12.4 Å². The number of hydrogen-bond donors (Lipinski definition) is 2. The van der Waals surface area contributed by atoms with E-state index in [1.54, 1.807) is 0 Å². The maximum absolute atomic E-state index is 10.9. The molecule has 1 heterocycles. The number of amides is 1. The predicted octanol–water partition coefficient (Wildman–Crippen LogP) is 2.38. The monoisotopic (exact) mass is 431 g/mol. The van der Waals surface area contributed by atoms with Gasteiger partial charge in [0.05, 0.1) is 9.61 Å². The Kier molecular flexibility index (Phi) is 3.24. The quantitative estimate of drug-likeness (QED) is 0.672. The van der Waals surface area contributed by atoms with Crippen LogP contribution in [0.1, 0.15) is 11.6 Å². The molecule has 0 saturated carbocycles. The number of phenols is 1. The lowest BCUT2D eigenvalue weighted by Crippen LogP contribution is -2.18. The van der Waals surface area contributed by atoms with E-state index in [0.29, 0.717) is 5.56 Å². The standard InChI is InChI=1S/C9H7I2NO3/c10-4-1-5(8(13)6(11)2-4)7-3-15-9(14)12-7/h1-2,7,13H,3H2,(H,12,14)/t7-/m0/s1. The second-order valence-corrected chi connectivity index (χ2v) is 5.53. The van der Waals surface area contributed by atoms with Crippen LogP contribution < -0.4 is 5.32 Å². The Morgan fingerprint density at radius 2 is 2.20 bits per heavy atom. The highest BCUT2D eigenvalue weighted by Gasteiger charge is 2.27. The van der Waals surface area contributed by atoms with E-state index in [-0.39, 0.29) is 18.4 Å². The zero-order chi connectivity index (χ0) is 11.0. The molecule has 15 heavy (non-hydrogen) atoms. The lowest BCUT2D eigenvalue weighted by atomic mass is 10.1. The molecule has 1 aromatic rings. The fourth-order valence-corrected chi connectivity index (χ4v) is 3.29. The van der Waals surface area contributed by atoms with Gasteiger partial charge in [-0.2, -0.15) is 0 Å². The summed E-state index contributed by atoms with van der Waals surface area (Å²) in [6.07, 6.45) is -0.437. The lowest BCUT2D eigenvalue weighted by Gasteiger charge is -2.11. The van der Waals surface area contributed by atoms with Crippen molar-refractivity contribution in [3.05, 3.63) is 24.8 Å². The number of carbonyl (C=O) groups excluding carboxylic acids is 1. The van der Waals surface area contributed by atoms with Crippen molar-refractivity contribution >= 4 is 51.3 Å². The first-order valence-corrected chi connectivity index (χ1v) is 6.35. The van der Waals surface area contributed by atoms with Crippen molar-refractivity contribution in [2.24, 2.45) is 0 Å². The highest BCUT2D eigenvalue weighted by molar-refractivity contribution is 14.1. The molecule has 1 atom stereocenters. The highest BCUT2D eigenvalue weighted by Crippen LogP contribution is 2.32. The van der Waals surface area contributed by atoms with Crippen molar-refractivity contribution in [1.82, 2.24) is 5.32 Å². The maximum Gasteiger partial charge on any atom is 0.407 e. The minimum atomic E-state index is -0.437. The van der Waals surface area contributed by atoms with Crippen LogP contribution in [0.3, 0.4) is 0 Å². The summed E-state index contributed by atoms with van der Waals surface area (Å²) in [5, 5.41) is 12.5. The summed E-state index contributed by atoms with van der Waals surface area (Å²) in [5.41, 5.74) is 0.706. The van der Waals surface area contributed by atoms with Crippen LogP contribution in [0.4, 0.5) is 4.79 Å².